The fourth-order valence-electron chi connectivity index (χ4n) is 1.69. The highest BCUT2D eigenvalue weighted by atomic mass is 35.5. The van der Waals surface area contributed by atoms with Crippen LogP contribution in [0.4, 0.5) is 0 Å². The second kappa shape index (κ2) is 6.23. The van der Waals surface area contributed by atoms with E-state index in [-0.39, 0.29) is 6.61 Å². The molecule has 1 rings (SSSR count). The zero-order valence-electron chi connectivity index (χ0n) is 9.78. The lowest BCUT2D eigenvalue weighted by Gasteiger charge is -2.10. The number of hydrogen-bond acceptors (Lipinski definition) is 3. The van der Waals surface area contributed by atoms with Gasteiger partial charge in [0.15, 0.2) is 0 Å². The molecule has 0 saturated carbocycles. The van der Waals surface area contributed by atoms with Gasteiger partial charge in [-0.25, -0.2) is 0 Å². The van der Waals surface area contributed by atoms with Gasteiger partial charge < -0.3 is 10.2 Å². The summed E-state index contributed by atoms with van der Waals surface area (Å²) in [6, 6.07) is 0. The van der Waals surface area contributed by atoms with Gasteiger partial charge in [-0.1, -0.05) is 18.5 Å². The Balaban J connectivity index is 2.69. The van der Waals surface area contributed by atoms with E-state index in [4.69, 9.17) is 16.7 Å². The van der Waals surface area contributed by atoms with E-state index in [1.807, 2.05) is 14.0 Å². The van der Waals surface area contributed by atoms with Gasteiger partial charge in [-0.2, -0.15) is 5.10 Å². The van der Waals surface area contributed by atoms with Crippen molar-refractivity contribution in [3.8, 4) is 0 Å². The SMILES string of the molecule is CCc1nn(C)c(CC(O)CCCO)c1Cl. The predicted octanol–water partition coefficient (Wildman–Crippen LogP) is 1.31. The minimum atomic E-state index is -0.468. The standard InChI is InChI=1S/C11H19ClN2O2/c1-3-9-11(12)10(14(2)13-9)7-8(16)5-4-6-15/h8,15-16H,3-7H2,1-2H3. The normalized spacial score (nSPS) is 13.1. The zero-order valence-corrected chi connectivity index (χ0v) is 10.5. The molecular weight excluding hydrogens is 228 g/mol. The maximum absolute atomic E-state index is 9.75. The topological polar surface area (TPSA) is 58.3 Å². The monoisotopic (exact) mass is 246 g/mol. The molecule has 0 aliphatic rings. The van der Waals surface area contributed by atoms with Crippen LogP contribution >= 0.6 is 11.6 Å². The van der Waals surface area contributed by atoms with Crippen LogP contribution in [0.3, 0.4) is 0 Å². The van der Waals surface area contributed by atoms with Crippen LogP contribution in [-0.2, 0) is 19.9 Å². The molecule has 1 atom stereocenters. The first-order valence-corrected chi connectivity index (χ1v) is 5.97. The van der Waals surface area contributed by atoms with Crippen LogP contribution in [-0.4, -0.2) is 32.7 Å². The number of hydrogen-bond donors (Lipinski definition) is 2. The first kappa shape index (κ1) is 13.5. The molecule has 0 fully saturated rings. The third-order valence-corrected chi connectivity index (χ3v) is 3.06. The third kappa shape index (κ3) is 3.20. The number of aliphatic hydroxyl groups excluding tert-OH is 2. The third-order valence-electron chi connectivity index (χ3n) is 2.63. The fourth-order valence-corrected chi connectivity index (χ4v) is 2.06. The van der Waals surface area contributed by atoms with Crippen molar-refractivity contribution in [3.05, 3.63) is 16.4 Å². The Hall–Kier alpha value is -0.580. The van der Waals surface area contributed by atoms with Gasteiger partial charge in [-0.3, -0.25) is 4.68 Å². The highest BCUT2D eigenvalue weighted by Gasteiger charge is 2.16. The van der Waals surface area contributed by atoms with Gasteiger partial charge in [0.25, 0.3) is 0 Å². The van der Waals surface area contributed by atoms with Crippen molar-refractivity contribution in [3.63, 3.8) is 0 Å². The van der Waals surface area contributed by atoms with Crippen LogP contribution in [0.1, 0.15) is 31.2 Å². The first-order valence-electron chi connectivity index (χ1n) is 5.59. The molecule has 0 saturated heterocycles. The summed E-state index contributed by atoms with van der Waals surface area (Å²) in [5, 5.41) is 23.4. The molecule has 0 spiro atoms. The van der Waals surface area contributed by atoms with Crippen molar-refractivity contribution in [1.29, 1.82) is 0 Å². The first-order chi connectivity index (χ1) is 7.60. The molecule has 0 aliphatic heterocycles. The maximum Gasteiger partial charge on any atom is 0.0850 e. The molecule has 0 aliphatic carbocycles. The molecule has 1 aromatic heterocycles. The highest BCUT2D eigenvalue weighted by Crippen LogP contribution is 2.22. The smallest absolute Gasteiger partial charge is 0.0850 e. The number of halogens is 1. The Labute approximate surface area is 101 Å². The summed E-state index contributed by atoms with van der Waals surface area (Å²) < 4.78 is 1.73. The number of aromatic nitrogens is 2. The molecule has 1 unspecified atom stereocenters. The molecular formula is C11H19ClN2O2. The predicted molar refractivity (Wildman–Crippen MR) is 63.6 cm³/mol. The van der Waals surface area contributed by atoms with Crippen molar-refractivity contribution in [2.75, 3.05) is 6.61 Å². The van der Waals surface area contributed by atoms with Crippen molar-refractivity contribution in [1.82, 2.24) is 9.78 Å². The van der Waals surface area contributed by atoms with Gasteiger partial charge in [0, 0.05) is 20.1 Å². The molecule has 0 radical (unpaired) electrons. The average Bonchev–Trinajstić information content (AvgIpc) is 2.53. The molecule has 0 amide bonds. The van der Waals surface area contributed by atoms with E-state index in [2.05, 4.69) is 5.10 Å². The minimum Gasteiger partial charge on any atom is -0.396 e. The summed E-state index contributed by atoms with van der Waals surface area (Å²) in [6.45, 7) is 2.11. The highest BCUT2D eigenvalue weighted by molar-refractivity contribution is 6.31. The molecule has 92 valence electrons. The Kier molecular flexibility index (Phi) is 5.25. The summed E-state index contributed by atoms with van der Waals surface area (Å²) in [5.74, 6) is 0. The lowest BCUT2D eigenvalue weighted by molar-refractivity contribution is 0.148. The van der Waals surface area contributed by atoms with Gasteiger partial charge in [-0.05, 0) is 19.3 Å². The van der Waals surface area contributed by atoms with Crippen molar-refractivity contribution in [2.45, 2.75) is 38.7 Å². The van der Waals surface area contributed by atoms with Crippen LogP contribution in [0.15, 0.2) is 0 Å². The molecule has 1 heterocycles. The molecule has 0 bridgehead atoms. The summed E-state index contributed by atoms with van der Waals surface area (Å²) >= 11 is 6.16. The maximum atomic E-state index is 9.75. The van der Waals surface area contributed by atoms with Gasteiger partial charge >= 0.3 is 0 Å². The van der Waals surface area contributed by atoms with E-state index in [0.717, 1.165) is 17.8 Å². The van der Waals surface area contributed by atoms with Crippen molar-refractivity contribution in [2.24, 2.45) is 7.05 Å². The zero-order chi connectivity index (χ0) is 12.1. The van der Waals surface area contributed by atoms with E-state index in [1.54, 1.807) is 4.68 Å². The Morgan fingerprint density at radius 2 is 2.19 bits per heavy atom. The van der Waals surface area contributed by atoms with E-state index in [9.17, 15) is 5.11 Å². The van der Waals surface area contributed by atoms with Crippen LogP contribution < -0.4 is 0 Å². The van der Waals surface area contributed by atoms with Crippen LogP contribution in [0, 0.1) is 0 Å². The van der Waals surface area contributed by atoms with E-state index < -0.39 is 6.10 Å². The van der Waals surface area contributed by atoms with Crippen LogP contribution in [0.2, 0.25) is 5.02 Å². The Bertz CT molecular complexity index is 339. The Morgan fingerprint density at radius 3 is 2.69 bits per heavy atom. The summed E-state index contributed by atoms with van der Waals surface area (Å²) in [4.78, 5) is 0. The van der Waals surface area contributed by atoms with E-state index >= 15 is 0 Å². The second-order valence-corrected chi connectivity index (χ2v) is 4.29. The van der Waals surface area contributed by atoms with Crippen molar-refractivity contribution < 1.29 is 10.2 Å². The fraction of sp³-hybridized carbons (Fsp3) is 0.727. The lowest BCUT2D eigenvalue weighted by Crippen LogP contribution is -2.14. The van der Waals surface area contributed by atoms with Crippen molar-refractivity contribution >= 4 is 11.6 Å². The van der Waals surface area contributed by atoms with Crippen LogP contribution in [0.5, 0.6) is 0 Å². The molecule has 0 aromatic carbocycles. The van der Waals surface area contributed by atoms with E-state index in [0.29, 0.717) is 24.3 Å². The number of rotatable bonds is 6. The lowest BCUT2D eigenvalue weighted by atomic mass is 10.1. The number of aryl methyl sites for hydroxylation is 2. The molecule has 2 N–H and O–H groups in total. The molecule has 16 heavy (non-hydrogen) atoms. The summed E-state index contributed by atoms with van der Waals surface area (Å²) in [7, 11) is 1.83. The molecule has 1 aromatic rings. The number of aliphatic hydroxyl groups is 2. The van der Waals surface area contributed by atoms with Gasteiger partial charge in [0.05, 0.1) is 22.5 Å². The summed E-state index contributed by atoms with van der Waals surface area (Å²) in [5.41, 5.74) is 1.73. The van der Waals surface area contributed by atoms with Gasteiger partial charge in [0.1, 0.15) is 0 Å². The molecule has 4 nitrogen and oxygen atoms in total. The minimum absolute atomic E-state index is 0.108. The largest absolute Gasteiger partial charge is 0.396 e. The van der Waals surface area contributed by atoms with Crippen LogP contribution in [0.25, 0.3) is 0 Å². The van der Waals surface area contributed by atoms with E-state index in [1.165, 1.54) is 0 Å². The summed E-state index contributed by atoms with van der Waals surface area (Å²) in [6.07, 6.45) is 2.00. The number of nitrogens with zero attached hydrogens (tertiary/aromatic N) is 2. The molecule has 5 heteroatoms. The average molecular weight is 247 g/mol. The Morgan fingerprint density at radius 1 is 1.50 bits per heavy atom. The second-order valence-electron chi connectivity index (χ2n) is 3.91. The van der Waals surface area contributed by atoms with Gasteiger partial charge in [0.2, 0.25) is 0 Å². The quantitative estimate of drug-likeness (QED) is 0.796. The van der Waals surface area contributed by atoms with Gasteiger partial charge in [-0.15, -0.1) is 0 Å².